The monoisotopic (exact) mass is 498 g/mol. The molecule has 5 rings (SSSR count). The number of ether oxygens (including phenoxy) is 1. The third-order valence-electron chi connectivity index (χ3n) is 7.22. The number of imide groups is 1. The fourth-order valence-electron chi connectivity index (χ4n) is 5.60. The first kappa shape index (κ1) is 24.4. The number of aliphatic carboxylic acids is 1. The summed E-state index contributed by atoms with van der Waals surface area (Å²) in [7, 11) is 0. The van der Waals surface area contributed by atoms with Gasteiger partial charge in [0.05, 0.1) is 17.5 Å². The third-order valence-corrected chi connectivity index (χ3v) is 7.22. The van der Waals surface area contributed by atoms with Gasteiger partial charge in [-0.1, -0.05) is 60.7 Å². The van der Waals surface area contributed by atoms with Crippen molar-refractivity contribution in [2.75, 3.05) is 4.90 Å². The van der Waals surface area contributed by atoms with Crippen LogP contribution in [0.15, 0.2) is 78.9 Å². The molecule has 188 valence electrons. The summed E-state index contributed by atoms with van der Waals surface area (Å²) in [5.74, 6) is -4.38. The third kappa shape index (κ3) is 4.09. The highest BCUT2D eigenvalue weighted by molar-refractivity contribution is 6.24. The minimum Gasteiger partial charge on any atom is -0.480 e. The maximum absolute atomic E-state index is 14.0. The van der Waals surface area contributed by atoms with E-state index in [0.29, 0.717) is 17.0 Å². The Labute approximate surface area is 213 Å². The van der Waals surface area contributed by atoms with Crippen LogP contribution in [0.4, 0.5) is 5.69 Å². The molecule has 2 saturated heterocycles. The van der Waals surface area contributed by atoms with E-state index in [0.717, 1.165) is 16.0 Å². The van der Waals surface area contributed by atoms with Gasteiger partial charge in [-0.15, -0.1) is 0 Å². The van der Waals surface area contributed by atoms with E-state index in [-0.39, 0.29) is 6.42 Å². The van der Waals surface area contributed by atoms with Crippen molar-refractivity contribution in [3.05, 3.63) is 95.6 Å². The number of carboxylic acid groups (broad SMARTS) is 1. The van der Waals surface area contributed by atoms with Gasteiger partial charge in [0.2, 0.25) is 11.8 Å². The van der Waals surface area contributed by atoms with Crippen LogP contribution in [-0.4, -0.2) is 34.4 Å². The molecule has 4 atom stereocenters. The zero-order valence-electron chi connectivity index (χ0n) is 20.4. The smallest absolute Gasteiger partial charge is 0.325 e. The van der Waals surface area contributed by atoms with Crippen molar-refractivity contribution in [3.8, 4) is 5.75 Å². The molecule has 8 nitrogen and oxygen atoms in total. The van der Waals surface area contributed by atoms with E-state index in [9.17, 15) is 24.3 Å². The molecule has 2 aliphatic heterocycles. The lowest BCUT2D eigenvalue weighted by Crippen LogP contribution is -2.57. The van der Waals surface area contributed by atoms with Crippen LogP contribution >= 0.6 is 0 Å². The molecule has 2 amide bonds. The van der Waals surface area contributed by atoms with Crippen molar-refractivity contribution in [2.24, 2.45) is 11.8 Å². The summed E-state index contributed by atoms with van der Waals surface area (Å²) in [6.07, 6.45) is 0.0208. The van der Waals surface area contributed by atoms with Crippen LogP contribution in [-0.2, 0) is 25.6 Å². The number of amides is 2. The lowest BCUT2D eigenvalue weighted by atomic mass is 9.76. The highest BCUT2D eigenvalue weighted by Crippen LogP contribution is 2.51. The van der Waals surface area contributed by atoms with Gasteiger partial charge in [0.1, 0.15) is 11.3 Å². The van der Waals surface area contributed by atoms with Crippen LogP contribution < -0.4 is 15.0 Å². The number of carbonyl (C=O) groups is 4. The summed E-state index contributed by atoms with van der Waals surface area (Å²) in [4.78, 5) is 53.3. The van der Waals surface area contributed by atoms with Crippen LogP contribution in [0, 0.1) is 18.8 Å². The van der Waals surface area contributed by atoms with Crippen LogP contribution in [0.3, 0.4) is 0 Å². The van der Waals surface area contributed by atoms with Gasteiger partial charge in [0.15, 0.2) is 0 Å². The standard InChI is InChI=1S/C29H26N2O6/c1-17-8-6-7-11-22(17)31-26(33)23-24(27(31)34)29(28(35)36,16-19-9-4-3-5-10-19)30-25(23)20-12-14-21(15-13-20)37-18(2)32/h3-15,23-25,30H,16H2,1-2H3,(H,35,36). The minimum absolute atomic E-state index is 0.0208. The Morgan fingerprint density at radius 1 is 0.946 bits per heavy atom. The van der Waals surface area contributed by atoms with Gasteiger partial charge >= 0.3 is 11.9 Å². The largest absolute Gasteiger partial charge is 0.480 e. The number of anilines is 1. The predicted molar refractivity (Wildman–Crippen MR) is 135 cm³/mol. The highest BCUT2D eigenvalue weighted by atomic mass is 16.5. The van der Waals surface area contributed by atoms with Crippen molar-refractivity contribution in [1.82, 2.24) is 5.32 Å². The zero-order valence-corrected chi connectivity index (χ0v) is 20.4. The molecule has 0 bridgehead atoms. The maximum atomic E-state index is 14.0. The minimum atomic E-state index is -1.71. The van der Waals surface area contributed by atoms with Gasteiger partial charge in [-0.3, -0.25) is 24.5 Å². The SMILES string of the molecule is CC(=O)Oc1ccc(C2NC(Cc3ccccc3)(C(=O)O)C3C(=O)N(c4ccccc4C)C(=O)C23)cc1. The van der Waals surface area contributed by atoms with Crippen molar-refractivity contribution >= 4 is 29.4 Å². The molecule has 4 unspecified atom stereocenters. The lowest BCUT2D eigenvalue weighted by Gasteiger charge is -2.31. The first-order valence-electron chi connectivity index (χ1n) is 12.0. The van der Waals surface area contributed by atoms with Crippen LogP contribution in [0.25, 0.3) is 0 Å². The van der Waals surface area contributed by atoms with Crippen molar-refractivity contribution < 1.29 is 29.0 Å². The van der Waals surface area contributed by atoms with Crippen molar-refractivity contribution in [2.45, 2.75) is 31.8 Å². The molecule has 2 aliphatic rings. The number of benzene rings is 3. The number of carbonyl (C=O) groups excluding carboxylic acids is 3. The second-order valence-electron chi connectivity index (χ2n) is 9.53. The molecule has 3 aromatic carbocycles. The summed E-state index contributed by atoms with van der Waals surface area (Å²) in [5.41, 5.74) is 0.833. The topological polar surface area (TPSA) is 113 Å². The summed E-state index contributed by atoms with van der Waals surface area (Å²) >= 11 is 0. The second-order valence-corrected chi connectivity index (χ2v) is 9.53. The number of para-hydroxylation sites is 1. The summed E-state index contributed by atoms with van der Waals surface area (Å²) in [6.45, 7) is 3.10. The number of esters is 1. The van der Waals surface area contributed by atoms with E-state index in [4.69, 9.17) is 4.74 Å². The molecular weight excluding hydrogens is 472 g/mol. The summed E-state index contributed by atoms with van der Waals surface area (Å²) < 4.78 is 5.12. The molecule has 0 saturated carbocycles. The molecule has 0 radical (unpaired) electrons. The number of aryl methyl sites for hydroxylation is 1. The first-order valence-corrected chi connectivity index (χ1v) is 12.0. The molecule has 2 N–H and O–H groups in total. The normalized spacial score (nSPS) is 24.7. The molecule has 37 heavy (non-hydrogen) atoms. The van der Waals surface area contributed by atoms with Gasteiger partial charge < -0.3 is 9.84 Å². The maximum Gasteiger partial charge on any atom is 0.325 e. The van der Waals surface area contributed by atoms with E-state index >= 15 is 0 Å². The first-order chi connectivity index (χ1) is 17.7. The van der Waals surface area contributed by atoms with E-state index in [1.807, 2.05) is 49.4 Å². The van der Waals surface area contributed by atoms with E-state index in [2.05, 4.69) is 5.32 Å². The molecule has 0 aliphatic carbocycles. The Morgan fingerprint density at radius 3 is 2.22 bits per heavy atom. The van der Waals surface area contributed by atoms with Gasteiger partial charge in [-0.2, -0.15) is 0 Å². The molecule has 2 fully saturated rings. The Kier molecular flexibility index (Phi) is 6.13. The van der Waals surface area contributed by atoms with Gasteiger partial charge in [0, 0.05) is 19.4 Å². The Hall–Kier alpha value is -4.30. The number of nitrogens with zero attached hydrogens (tertiary/aromatic N) is 1. The van der Waals surface area contributed by atoms with Crippen molar-refractivity contribution in [1.29, 1.82) is 0 Å². The predicted octanol–water partition coefficient (Wildman–Crippen LogP) is 3.44. The van der Waals surface area contributed by atoms with Gasteiger partial charge in [-0.25, -0.2) is 4.90 Å². The van der Waals surface area contributed by atoms with Crippen molar-refractivity contribution in [3.63, 3.8) is 0 Å². The van der Waals surface area contributed by atoms with E-state index < -0.39 is 47.2 Å². The quantitative estimate of drug-likeness (QED) is 0.304. The van der Waals surface area contributed by atoms with Crippen LogP contribution in [0.1, 0.15) is 29.7 Å². The zero-order chi connectivity index (χ0) is 26.3. The summed E-state index contributed by atoms with van der Waals surface area (Å²) in [6, 6.07) is 21.9. The van der Waals surface area contributed by atoms with Gasteiger partial charge in [-0.05, 0) is 41.8 Å². The fourth-order valence-corrected chi connectivity index (χ4v) is 5.60. The number of hydrogen-bond donors (Lipinski definition) is 2. The number of rotatable bonds is 6. The molecule has 0 aromatic heterocycles. The average Bonchev–Trinajstić information content (AvgIpc) is 3.34. The second kappa shape index (κ2) is 9.29. The molecule has 0 spiro atoms. The molecule has 3 aromatic rings. The number of hydrogen-bond acceptors (Lipinski definition) is 6. The van der Waals surface area contributed by atoms with Crippen LogP contribution in [0.2, 0.25) is 0 Å². The number of nitrogens with one attached hydrogen (secondary N) is 1. The average molecular weight is 499 g/mol. The number of fused-ring (bicyclic) bond motifs is 1. The Bertz CT molecular complexity index is 1390. The molecule has 8 heteroatoms. The molecule has 2 heterocycles. The van der Waals surface area contributed by atoms with E-state index in [1.54, 1.807) is 36.4 Å². The Morgan fingerprint density at radius 2 is 1.59 bits per heavy atom. The number of carboxylic acids is 1. The summed E-state index contributed by atoms with van der Waals surface area (Å²) in [5, 5.41) is 13.8. The van der Waals surface area contributed by atoms with E-state index in [1.165, 1.54) is 6.92 Å². The lowest BCUT2D eigenvalue weighted by molar-refractivity contribution is -0.148. The Balaban J connectivity index is 1.63. The molecular formula is C29H26N2O6. The van der Waals surface area contributed by atoms with Gasteiger partial charge in [0.25, 0.3) is 0 Å². The fraction of sp³-hybridized carbons (Fsp3) is 0.241. The van der Waals surface area contributed by atoms with Crippen LogP contribution in [0.5, 0.6) is 5.75 Å². The highest BCUT2D eigenvalue weighted by Gasteiger charge is 2.68.